The van der Waals surface area contributed by atoms with Gasteiger partial charge in [-0.25, -0.2) is 18.4 Å². The molecule has 0 atom stereocenters. The number of hydrogen-bond donors (Lipinski definition) is 3. The molecule has 3 N–H and O–H groups in total. The fourth-order valence-electron chi connectivity index (χ4n) is 3.03. The van der Waals surface area contributed by atoms with E-state index in [1.165, 1.54) is 18.2 Å². The molecule has 0 saturated heterocycles. The lowest BCUT2D eigenvalue weighted by Crippen LogP contribution is -2.17. The van der Waals surface area contributed by atoms with Crippen LogP contribution < -0.4 is 14.8 Å². The molecule has 0 bridgehead atoms. The SMILES string of the molecule is CCOc1ccc(Br)cc1S(=O)(=O)Nc1nc2ccccc2nc1Nc1cccc(O)c1. The minimum absolute atomic E-state index is 0.00877. The molecule has 0 aliphatic carbocycles. The number of aromatic nitrogens is 2. The monoisotopic (exact) mass is 514 g/mol. The first-order valence-electron chi connectivity index (χ1n) is 9.64. The van der Waals surface area contributed by atoms with Gasteiger partial charge in [-0.1, -0.05) is 34.1 Å². The topological polar surface area (TPSA) is 113 Å². The maximum atomic E-state index is 13.3. The van der Waals surface area contributed by atoms with Crippen molar-refractivity contribution in [3.63, 3.8) is 0 Å². The Morgan fingerprint density at radius 2 is 1.69 bits per heavy atom. The summed E-state index contributed by atoms with van der Waals surface area (Å²) in [5.74, 6) is 0.473. The van der Waals surface area contributed by atoms with Crippen LogP contribution in [0, 0.1) is 0 Å². The number of phenols is 1. The third-order valence-corrected chi connectivity index (χ3v) is 6.26. The smallest absolute Gasteiger partial charge is 0.266 e. The van der Waals surface area contributed by atoms with Gasteiger partial charge in [-0.05, 0) is 49.4 Å². The highest BCUT2D eigenvalue weighted by atomic mass is 79.9. The van der Waals surface area contributed by atoms with Crippen LogP contribution in [0.25, 0.3) is 11.0 Å². The van der Waals surface area contributed by atoms with Crippen molar-refractivity contribution in [3.05, 3.63) is 71.2 Å². The highest BCUT2D eigenvalue weighted by molar-refractivity contribution is 9.10. The minimum Gasteiger partial charge on any atom is -0.508 e. The summed E-state index contributed by atoms with van der Waals surface area (Å²) in [7, 11) is -4.08. The Morgan fingerprint density at radius 3 is 2.38 bits per heavy atom. The molecule has 3 aromatic carbocycles. The molecule has 0 unspecified atom stereocenters. The fourth-order valence-corrected chi connectivity index (χ4v) is 4.72. The number of rotatable bonds is 7. The molecule has 1 heterocycles. The second-order valence-electron chi connectivity index (χ2n) is 6.71. The highest BCUT2D eigenvalue weighted by Gasteiger charge is 2.23. The number of hydrogen-bond acceptors (Lipinski definition) is 7. The molecule has 32 heavy (non-hydrogen) atoms. The standard InChI is InChI=1S/C22H19BrN4O4S/c1-2-31-19-11-10-14(23)12-20(19)32(29,30)27-22-21(24-15-6-5-7-16(28)13-15)25-17-8-3-4-9-18(17)26-22/h3-13,28H,2H2,1H3,(H,24,25)(H,26,27). The number of phenolic OH excluding ortho intramolecular Hbond substituents is 1. The Kier molecular flexibility index (Phi) is 6.15. The van der Waals surface area contributed by atoms with Crippen molar-refractivity contribution in [2.45, 2.75) is 11.8 Å². The highest BCUT2D eigenvalue weighted by Crippen LogP contribution is 2.32. The van der Waals surface area contributed by atoms with E-state index in [1.54, 1.807) is 49.4 Å². The summed E-state index contributed by atoms with van der Waals surface area (Å²) in [5.41, 5.74) is 1.62. The molecule has 4 aromatic rings. The third kappa shape index (κ3) is 4.76. The molecule has 0 aliphatic heterocycles. The molecule has 0 saturated carbocycles. The first-order valence-corrected chi connectivity index (χ1v) is 11.9. The van der Waals surface area contributed by atoms with E-state index in [2.05, 4.69) is 35.9 Å². The number of sulfonamides is 1. The summed E-state index contributed by atoms with van der Waals surface area (Å²) in [6, 6.07) is 18.3. The number of para-hydroxylation sites is 2. The number of nitrogens with zero attached hydrogens (tertiary/aromatic N) is 2. The summed E-state index contributed by atoms with van der Waals surface area (Å²) in [4.78, 5) is 8.97. The molecule has 10 heteroatoms. The lowest BCUT2D eigenvalue weighted by molar-refractivity contribution is 0.331. The van der Waals surface area contributed by atoms with Crippen molar-refractivity contribution in [2.24, 2.45) is 0 Å². The van der Waals surface area contributed by atoms with Crippen LogP contribution in [0.5, 0.6) is 11.5 Å². The number of halogens is 1. The second kappa shape index (κ2) is 9.01. The van der Waals surface area contributed by atoms with Gasteiger partial charge in [-0.15, -0.1) is 0 Å². The van der Waals surface area contributed by atoms with Gasteiger partial charge in [0.15, 0.2) is 11.6 Å². The minimum atomic E-state index is -4.08. The van der Waals surface area contributed by atoms with E-state index in [0.29, 0.717) is 27.8 Å². The van der Waals surface area contributed by atoms with Crippen LogP contribution in [-0.2, 0) is 10.0 Å². The third-order valence-electron chi connectivity index (χ3n) is 4.41. The summed E-state index contributed by atoms with van der Waals surface area (Å²) in [5, 5.41) is 12.8. The van der Waals surface area contributed by atoms with Gasteiger partial charge >= 0.3 is 0 Å². The van der Waals surface area contributed by atoms with Crippen LogP contribution >= 0.6 is 15.9 Å². The Balaban J connectivity index is 1.80. The first kappa shape index (κ1) is 21.8. The largest absolute Gasteiger partial charge is 0.508 e. The van der Waals surface area contributed by atoms with Crippen LogP contribution in [0.3, 0.4) is 0 Å². The molecule has 164 valence electrons. The number of benzene rings is 3. The maximum Gasteiger partial charge on any atom is 0.266 e. The van der Waals surface area contributed by atoms with E-state index < -0.39 is 10.0 Å². The Labute approximate surface area is 193 Å². The molecule has 0 aliphatic rings. The van der Waals surface area contributed by atoms with Gasteiger partial charge in [0.05, 0.1) is 17.6 Å². The zero-order chi connectivity index (χ0) is 22.7. The Hall–Kier alpha value is -3.37. The summed E-state index contributed by atoms with van der Waals surface area (Å²) in [6.45, 7) is 2.09. The lowest BCUT2D eigenvalue weighted by atomic mass is 10.3. The van der Waals surface area contributed by atoms with Gasteiger partial charge in [0.1, 0.15) is 16.4 Å². The van der Waals surface area contributed by atoms with Gasteiger partial charge < -0.3 is 15.2 Å². The van der Waals surface area contributed by atoms with Crippen LogP contribution in [0.4, 0.5) is 17.3 Å². The van der Waals surface area contributed by atoms with Crippen molar-refractivity contribution in [3.8, 4) is 11.5 Å². The first-order chi connectivity index (χ1) is 15.4. The normalized spacial score (nSPS) is 11.3. The molecule has 4 rings (SSSR count). The Morgan fingerprint density at radius 1 is 0.969 bits per heavy atom. The van der Waals surface area contributed by atoms with E-state index in [9.17, 15) is 13.5 Å². The van der Waals surface area contributed by atoms with E-state index in [1.807, 2.05) is 6.07 Å². The number of ether oxygens (including phenoxy) is 1. The Bertz CT molecular complexity index is 1400. The molecular weight excluding hydrogens is 496 g/mol. The van der Waals surface area contributed by atoms with Crippen molar-refractivity contribution < 1.29 is 18.3 Å². The summed E-state index contributed by atoms with van der Waals surface area (Å²) in [6.07, 6.45) is 0. The van der Waals surface area contributed by atoms with Gasteiger partial charge in [-0.3, -0.25) is 4.72 Å². The molecular formula is C22H19BrN4O4S. The van der Waals surface area contributed by atoms with Crippen LogP contribution in [0.1, 0.15) is 6.92 Å². The quantitative estimate of drug-likeness (QED) is 0.316. The molecule has 0 spiro atoms. The second-order valence-corrected chi connectivity index (χ2v) is 9.28. The number of fused-ring (bicyclic) bond motifs is 1. The van der Waals surface area contributed by atoms with Crippen molar-refractivity contribution >= 4 is 54.3 Å². The number of aromatic hydroxyl groups is 1. The van der Waals surface area contributed by atoms with E-state index >= 15 is 0 Å². The van der Waals surface area contributed by atoms with E-state index in [0.717, 1.165) is 0 Å². The average Bonchev–Trinajstić information content (AvgIpc) is 2.75. The zero-order valence-corrected chi connectivity index (χ0v) is 19.3. The maximum absolute atomic E-state index is 13.3. The zero-order valence-electron chi connectivity index (χ0n) is 16.9. The van der Waals surface area contributed by atoms with Gasteiger partial charge in [-0.2, -0.15) is 0 Å². The molecule has 0 fully saturated rings. The molecule has 1 aromatic heterocycles. The van der Waals surface area contributed by atoms with Gasteiger partial charge in [0.25, 0.3) is 10.0 Å². The number of nitrogens with one attached hydrogen (secondary N) is 2. The number of anilines is 3. The fraction of sp³-hybridized carbons (Fsp3) is 0.0909. The molecule has 0 amide bonds. The van der Waals surface area contributed by atoms with Gasteiger partial charge in [0.2, 0.25) is 0 Å². The predicted octanol–water partition coefficient (Wildman–Crippen LogP) is 5.04. The molecule has 0 radical (unpaired) electrons. The van der Waals surface area contributed by atoms with Crippen LogP contribution in [0.15, 0.2) is 76.1 Å². The average molecular weight is 515 g/mol. The van der Waals surface area contributed by atoms with Crippen molar-refractivity contribution in [1.82, 2.24) is 9.97 Å². The summed E-state index contributed by atoms with van der Waals surface area (Å²) < 4.78 is 35.2. The van der Waals surface area contributed by atoms with Crippen molar-refractivity contribution in [2.75, 3.05) is 16.6 Å². The van der Waals surface area contributed by atoms with Gasteiger partial charge in [0, 0.05) is 16.2 Å². The van der Waals surface area contributed by atoms with Crippen LogP contribution in [0.2, 0.25) is 0 Å². The van der Waals surface area contributed by atoms with E-state index in [-0.39, 0.29) is 28.0 Å². The van der Waals surface area contributed by atoms with Crippen LogP contribution in [-0.4, -0.2) is 30.1 Å². The molecule has 8 nitrogen and oxygen atoms in total. The summed E-state index contributed by atoms with van der Waals surface area (Å²) >= 11 is 3.31. The van der Waals surface area contributed by atoms with E-state index in [4.69, 9.17) is 4.74 Å². The lowest BCUT2D eigenvalue weighted by Gasteiger charge is -2.16. The van der Waals surface area contributed by atoms with Crippen molar-refractivity contribution in [1.29, 1.82) is 0 Å². The predicted molar refractivity (Wildman–Crippen MR) is 127 cm³/mol.